The molecule has 0 amide bonds. The summed E-state index contributed by atoms with van der Waals surface area (Å²) in [6.07, 6.45) is 0. The van der Waals surface area contributed by atoms with Gasteiger partial charge in [-0.2, -0.15) is 0 Å². The van der Waals surface area contributed by atoms with Crippen LogP contribution in [0.5, 0.6) is 0 Å². The summed E-state index contributed by atoms with van der Waals surface area (Å²) >= 11 is 6.03. The first-order valence-electron chi connectivity index (χ1n) is 4.22. The average Bonchev–Trinajstić information content (AvgIpc) is 2.07. The zero-order valence-corrected chi connectivity index (χ0v) is 7.92. The zero-order chi connectivity index (χ0) is 9.31. The van der Waals surface area contributed by atoms with Crippen LogP contribution >= 0.6 is 11.6 Å². The van der Waals surface area contributed by atoms with E-state index in [0.717, 1.165) is 5.56 Å². The maximum Gasteiger partial charge on any atom is 0.0665 e. The Morgan fingerprint density at radius 1 is 1.38 bits per heavy atom. The van der Waals surface area contributed by atoms with Crippen molar-refractivity contribution in [3.63, 3.8) is 0 Å². The predicted molar refractivity (Wildman–Crippen MR) is 51.0 cm³/mol. The van der Waals surface area contributed by atoms with Gasteiger partial charge < -0.3 is 9.84 Å². The summed E-state index contributed by atoms with van der Waals surface area (Å²) in [6, 6.07) is 7.60. The lowest BCUT2D eigenvalue weighted by molar-refractivity contribution is -0.0841. The Morgan fingerprint density at radius 3 is 2.54 bits per heavy atom. The van der Waals surface area contributed by atoms with Gasteiger partial charge in [0.15, 0.2) is 0 Å². The van der Waals surface area contributed by atoms with Crippen LogP contribution in [-0.2, 0) is 10.2 Å². The fourth-order valence-corrected chi connectivity index (χ4v) is 1.91. The second-order valence-electron chi connectivity index (χ2n) is 3.41. The summed E-state index contributed by atoms with van der Waals surface area (Å²) in [5.41, 5.74) is 0.739. The topological polar surface area (TPSA) is 29.5 Å². The predicted octanol–water partition coefficient (Wildman–Crippen LogP) is 1.60. The molecule has 1 fully saturated rings. The SMILES string of the molecule is OCC1(c2ccccc2Cl)COC1. The van der Waals surface area contributed by atoms with Crippen LogP contribution in [0.2, 0.25) is 5.02 Å². The molecule has 1 N–H and O–H groups in total. The summed E-state index contributed by atoms with van der Waals surface area (Å²) in [5.74, 6) is 0. The molecule has 0 spiro atoms. The second-order valence-corrected chi connectivity index (χ2v) is 3.82. The van der Waals surface area contributed by atoms with Crippen molar-refractivity contribution in [2.75, 3.05) is 19.8 Å². The Hall–Kier alpha value is -0.570. The number of rotatable bonds is 2. The Labute approximate surface area is 82.1 Å². The van der Waals surface area contributed by atoms with Gasteiger partial charge in [0.2, 0.25) is 0 Å². The first-order chi connectivity index (χ1) is 6.28. The van der Waals surface area contributed by atoms with E-state index in [0.29, 0.717) is 18.2 Å². The minimum absolute atomic E-state index is 0.0940. The lowest BCUT2D eigenvalue weighted by atomic mass is 9.79. The van der Waals surface area contributed by atoms with Crippen molar-refractivity contribution in [2.45, 2.75) is 5.41 Å². The molecule has 1 aromatic carbocycles. The summed E-state index contributed by atoms with van der Waals surface area (Å²) in [4.78, 5) is 0. The molecule has 0 saturated carbocycles. The summed E-state index contributed by atoms with van der Waals surface area (Å²) in [7, 11) is 0. The van der Waals surface area contributed by atoms with Gasteiger partial charge in [0.05, 0.1) is 25.2 Å². The van der Waals surface area contributed by atoms with Gasteiger partial charge in [0.1, 0.15) is 0 Å². The molecule has 0 aromatic heterocycles. The number of aliphatic hydroxyl groups is 1. The molecule has 2 rings (SSSR count). The zero-order valence-electron chi connectivity index (χ0n) is 7.16. The molecule has 1 aliphatic rings. The fourth-order valence-electron chi connectivity index (χ4n) is 1.57. The normalized spacial score (nSPS) is 19.5. The smallest absolute Gasteiger partial charge is 0.0665 e. The van der Waals surface area contributed by atoms with E-state index in [1.807, 2.05) is 24.3 Å². The first kappa shape index (κ1) is 9.00. The average molecular weight is 199 g/mol. The van der Waals surface area contributed by atoms with Gasteiger partial charge >= 0.3 is 0 Å². The highest BCUT2D eigenvalue weighted by atomic mass is 35.5. The molecule has 2 nitrogen and oxygen atoms in total. The minimum atomic E-state index is -0.252. The highest BCUT2D eigenvalue weighted by Crippen LogP contribution is 2.35. The second kappa shape index (κ2) is 3.29. The minimum Gasteiger partial charge on any atom is -0.395 e. The van der Waals surface area contributed by atoms with Gasteiger partial charge in [-0.25, -0.2) is 0 Å². The Balaban J connectivity index is 2.38. The molecular formula is C10H11ClO2. The van der Waals surface area contributed by atoms with Crippen molar-refractivity contribution < 1.29 is 9.84 Å². The first-order valence-corrected chi connectivity index (χ1v) is 4.60. The molecule has 1 aromatic rings. The van der Waals surface area contributed by atoms with E-state index >= 15 is 0 Å². The van der Waals surface area contributed by atoms with Gasteiger partial charge in [0.25, 0.3) is 0 Å². The van der Waals surface area contributed by atoms with Gasteiger partial charge in [-0.15, -0.1) is 0 Å². The van der Waals surface area contributed by atoms with E-state index in [4.69, 9.17) is 16.3 Å². The quantitative estimate of drug-likeness (QED) is 0.783. The molecule has 0 radical (unpaired) electrons. The third-order valence-electron chi connectivity index (χ3n) is 2.50. The standard InChI is InChI=1S/C10H11ClO2/c11-9-4-2-1-3-8(9)10(5-12)6-13-7-10/h1-4,12H,5-7H2. The van der Waals surface area contributed by atoms with Crippen LogP contribution in [-0.4, -0.2) is 24.9 Å². The highest BCUT2D eigenvalue weighted by Gasteiger charge is 2.40. The number of benzene rings is 1. The number of halogens is 1. The van der Waals surface area contributed by atoms with Crippen molar-refractivity contribution in [1.82, 2.24) is 0 Å². The molecular weight excluding hydrogens is 188 g/mol. The Morgan fingerprint density at radius 2 is 2.08 bits per heavy atom. The summed E-state index contributed by atoms with van der Waals surface area (Å²) in [6.45, 7) is 1.22. The van der Waals surface area contributed by atoms with E-state index in [2.05, 4.69) is 0 Å². The summed E-state index contributed by atoms with van der Waals surface area (Å²) < 4.78 is 5.12. The largest absolute Gasteiger partial charge is 0.395 e. The molecule has 1 aliphatic heterocycles. The number of ether oxygens (including phenoxy) is 1. The Kier molecular flexibility index (Phi) is 2.28. The van der Waals surface area contributed by atoms with Crippen molar-refractivity contribution in [2.24, 2.45) is 0 Å². The molecule has 0 atom stereocenters. The maximum atomic E-state index is 9.28. The maximum absolute atomic E-state index is 9.28. The van der Waals surface area contributed by atoms with Crippen molar-refractivity contribution >= 4 is 11.6 Å². The molecule has 1 heterocycles. The van der Waals surface area contributed by atoms with Crippen LogP contribution < -0.4 is 0 Å². The van der Waals surface area contributed by atoms with Crippen molar-refractivity contribution in [1.29, 1.82) is 0 Å². The van der Waals surface area contributed by atoms with Gasteiger partial charge in [0, 0.05) is 5.02 Å². The molecule has 70 valence electrons. The van der Waals surface area contributed by atoms with Crippen LogP contribution in [0.25, 0.3) is 0 Å². The molecule has 0 bridgehead atoms. The third-order valence-corrected chi connectivity index (χ3v) is 2.83. The lowest BCUT2D eigenvalue weighted by Gasteiger charge is -2.40. The van der Waals surface area contributed by atoms with Crippen LogP contribution in [0.15, 0.2) is 24.3 Å². The van der Waals surface area contributed by atoms with E-state index < -0.39 is 0 Å². The van der Waals surface area contributed by atoms with Gasteiger partial charge in [-0.05, 0) is 11.6 Å². The van der Waals surface area contributed by atoms with Gasteiger partial charge in [-0.3, -0.25) is 0 Å². The van der Waals surface area contributed by atoms with Crippen molar-refractivity contribution in [3.05, 3.63) is 34.9 Å². The van der Waals surface area contributed by atoms with E-state index in [9.17, 15) is 5.11 Å². The van der Waals surface area contributed by atoms with Crippen molar-refractivity contribution in [3.8, 4) is 0 Å². The van der Waals surface area contributed by atoms with Crippen LogP contribution in [0.3, 0.4) is 0 Å². The third kappa shape index (κ3) is 1.35. The fraction of sp³-hybridized carbons (Fsp3) is 0.400. The lowest BCUT2D eigenvalue weighted by Crippen LogP contribution is -2.49. The molecule has 13 heavy (non-hydrogen) atoms. The number of hydrogen-bond acceptors (Lipinski definition) is 2. The number of aliphatic hydroxyl groups excluding tert-OH is 1. The monoisotopic (exact) mass is 198 g/mol. The number of hydrogen-bond donors (Lipinski definition) is 1. The van der Waals surface area contributed by atoms with Crippen LogP contribution in [0, 0.1) is 0 Å². The van der Waals surface area contributed by atoms with Crippen LogP contribution in [0.4, 0.5) is 0 Å². The van der Waals surface area contributed by atoms with E-state index in [1.165, 1.54) is 0 Å². The van der Waals surface area contributed by atoms with Crippen LogP contribution in [0.1, 0.15) is 5.56 Å². The summed E-state index contributed by atoms with van der Waals surface area (Å²) in [5, 5.41) is 9.98. The van der Waals surface area contributed by atoms with Gasteiger partial charge in [-0.1, -0.05) is 29.8 Å². The molecule has 3 heteroatoms. The van der Waals surface area contributed by atoms with E-state index in [1.54, 1.807) is 0 Å². The Bertz CT molecular complexity index is 302. The highest BCUT2D eigenvalue weighted by molar-refractivity contribution is 6.31. The van der Waals surface area contributed by atoms with E-state index in [-0.39, 0.29) is 12.0 Å². The molecule has 0 unspecified atom stereocenters. The molecule has 0 aliphatic carbocycles. The molecule has 1 saturated heterocycles.